The molecule has 2 aromatic heterocycles. The normalized spacial score (nSPS) is 12.1. The van der Waals surface area contributed by atoms with Gasteiger partial charge in [-0.15, -0.1) is 5.54 Å². The van der Waals surface area contributed by atoms with Gasteiger partial charge in [-0.2, -0.15) is 0 Å². The molecular weight excluding hydrogens is 430 g/mol. The van der Waals surface area contributed by atoms with E-state index >= 15 is 0 Å². The summed E-state index contributed by atoms with van der Waals surface area (Å²) in [5, 5.41) is 2.19. The first-order valence-electron chi connectivity index (χ1n) is 12.3. The molecule has 0 aliphatic rings. The molecule has 0 unspecified atom stereocenters. The van der Waals surface area contributed by atoms with E-state index in [0.29, 0.717) is 16.6 Å². The largest absolute Gasteiger partial charge is 0.275 e. The molecule has 0 bridgehead atoms. The summed E-state index contributed by atoms with van der Waals surface area (Å²) >= 11 is 0. The van der Waals surface area contributed by atoms with Gasteiger partial charge in [-0.05, 0) is 35.2 Å². The summed E-state index contributed by atoms with van der Waals surface area (Å²) in [5.74, 6) is 3.74. The molecule has 0 spiro atoms. The molecule has 0 radical (unpaired) electrons. The molecule has 0 saturated carbocycles. The maximum absolute atomic E-state index is 13.3. The summed E-state index contributed by atoms with van der Waals surface area (Å²) < 4.78 is 1.86. The minimum absolute atomic E-state index is 0.0260. The third kappa shape index (κ3) is 3.91. The van der Waals surface area contributed by atoms with Crippen LogP contribution in [0.5, 0.6) is 0 Å². The van der Waals surface area contributed by atoms with Crippen LogP contribution in [0.4, 0.5) is 0 Å². The third-order valence-corrected chi connectivity index (χ3v) is 13.7. The maximum Gasteiger partial charge on any atom is 0.255 e. The summed E-state index contributed by atoms with van der Waals surface area (Å²) in [6.07, 6.45) is 0. The first kappa shape index (κ1) is 24.0. The van der Waals surface area contributed by atoms with E-state index < -0.39 is 8.07 Å². The van der Waals surface area contributed by atoms with Gasteiger partial charge in [0.05, 0.1) is 16.8 Å². The van der Waals surface area contributed by atoms with Gasteiger partial charge in [-0.3, -0.25) is 9.20 Å². The van der Waals surface area contributed by atoms with E-state index in [2.05, 4.69) is 90.3 Å². The molecule has 34 heavy (non-hydrogen) atoms. The van der Waals surface area contributed by atoms with Gasteiger partial charge in [0.1, 0.15) is 8.07 Å². The molecule has 3 heteroatoms. The smallest absolute Gasteiger partial charge is 0.255 e. The second-order valence-electron chi connectivity index (χ2n) is 10.4. The number of hydrogen-bond donors (Lipinski definition) is 0. The van der Waals surface area contributed by atoms with Crippen molar-refractivity contribution in [3.8, 4) is 22.7 Å². The van der Waals surface area contributed by atoms with Crippen LogP contribution in [0.3, 0.4) is 0 Å². The third-order valence-electron chi connectivity index (χ3n) is 7.45. The second-order valence-corrected chi connectivity index (χ2v) is 16.0. The number of aromatic nitrogens is 1. The molecule has 0 fully saturated rings. The fourth-order valence-corrected chi connectivity index (χ4v) is 11.1. The predicted molar refractivity (Wildman–Crippen MR) is 149 cm³/mol. The van der Waals surface area contributed by atoms with Gasteiger partial charge in [0, 0.05) is 16.8 Å². The highest BCUT2D eigenvalue weighted by molar-refractivity contribution is 6.90. The van der Waals surface area contributed by atoms with Crippen molar-refractivity contribution in [2.24, 2.45) is 0 Å². The van der Waals surface area contributed by atoms with E-state index in [1.807, 2.05) is 34.7 Å². The fraction of sp³-hybridized carbons (Fsp3) is 0.323. The van der Waals surface area contributed by atoms with Gasteiger partial charge >= 0.3 is 0 Å². The summed E-state index contributed by atoms with van der Waals surface area (Å²) in [5.41, 5.74) is 10.5. The van der Waals surface area contributed by atoms with E-state index in [-0.39, 0.29) is 5.56 Å². The Bertz CT molecular complexity index is 1440. The van der Waals surface area contributed by atoms with E-state index in [9.17, 15) is 4.79 Å². The van der Waals surface area contributed by atoms with Crippen molar-refractivity contribution in [1.82, 2.24) is 4.40 Å². The average molecular weight is 466 g/mol. The number of pyridine rings is 2. The molecule has 0 saturated heterocycles. The van der Waals surface area contributed by atoms with E-state index in [1.54, 1.807) is 6.07 Å². The number of aryl methyl sites for hydroxylation is 1. The lowest BCUT2D eigenvalue weighted by Gasteiger charge is -2.38. The standard InChI is InChI=1S/C31H35NOSi/c1-21(2)34(22(3)4,23(5)6)19-18-27-28-20-24(7)16-17-26(28)29-14-11-15-30(33)32(29)31(27)25-12-9-8-10-13-25/h8-17,20-23H,1-7H3. The quantitative estimate of drug-likeness (QED) is 0.170. The van der Waals surface area contributed by atoms with Crippen molar-refractivity contribution >= 4 is 24.4 Å². The fourth-order valence-electron chi connectivity index (χ4n) is 5.86. The SMILES string of the molecule is Cc1ccc2c(c1)c(C#C[Si](C(C)C)(C(C)C)C(C)C)c(-c1ccccc1)n1c(=O)cccc21. The summed E-state index contributed by atoms with van der Waals surface area (Å²) in [4.78, 5) is 13.3. The monoisotopic (exact) mass is 465 g/mol. The van der Waals surface area contributed by atoms with Crippen molar-refractivity contribution in [1.29, 1.82) is 0 Å². The predicted octanol–water partition coefficient (Wildman–Crippen LogP) is 8.00. The lowest BCUT2D eigenvalue weighted by atomic mass is 9.97. The highest BCUT2D eigenvalue weighted by atomic mass is 28.3. The van der Waals surface area contributed by atoms with Gasteiger partial charge in [0.25, 0.3) is 5.56 Å². The second kappa shape index (κ2) is 9.28. The maximum atomic E-state index is 13.3. The molecule has 0 N–H and O–H groups in total. The van der Waals surface area contributed by atoms with Crippen LogP contribution in [0.25, 0.3) is 27.5 Å². The van der Waals surface area contributed by atoms with Crippen LogP contribution in [-0.2, 0) is 0 Å². The highest BCUT2D eigenvalue weighted by Crippen LogP contribution is 2.41. The van der Waals surface area contributed by atoms with Crippen molar-refractivity contribution in [3.63, 3.8) is 0 Å². The van der Waals surface area contributed by atoms with Crippen LogP contribution in [0, 0.1) is 18.4 Å². The Morgan fingerprint density at radius 1 is 0.765 bits per heavy atom. The lowest BCUT2D eigenvalue weighted by molar-refractivity contribution is 0.838. The van der Waals surface area contributed by atoms with Gasteiger partial charge < -0.3 is 0 Å². The van der Waals surface area contributed by atoms with Crippen LogP contribution in [-0.4, -0.2) is 12.5 Å². The Labute approximate surface area is 204 Å². The van der Waals surface area contributed by atoms with Crippen molar-refractivity contribution in [2.75, 3.05) is 0 Å². The Kier molecular flexibility index (Phi) is 6.56. The number of hydrogen-bond acceptors (Lipinski definition) is 1. The minimum atomic E-state index is -1.96. The molecule has 2 heterocycles. The Hall–Kier alpha value is -3.09. The highest BCUT2D eigenvalue weighted by Gasteiger charge is 2.41. The first-order valence-corrected chi connectivity index (χ1v) is 14.6. The Balaban J connectivity index is 2.24. The van der Waals surface area contributed by atoms with Crippen LogP contribution in [0.1, 0.15) is 52.7 Å². The molecule has 4 aromatic rings. The summed E-state index contributed by atoms with van der Waals surface area (Å²) in [6, 6.07) is 22.3. The van der Waals surface area contributed by atoms with Crippen LogP contribution in [0.2, 0.25) is 16.6 Å². The number of benzene rings is 2. The van der Waals surface area contributed by atoms with Gasteiger partial charge in [0.2, 0.25) is 0 Å². The van der Waals surface area contributed by atoms with Gasteiger partial charge in [-0.1, -0.05) is 108 Å². The molecule has 0 amide bonds. The zero-order chi connectivity index (χ0) is 24.6. The molecular formula is C31H35NOSi. The topological polar surface area (TPSA) is 21.5 Å². The minimum Gasteiger partial charge on any atom is -0.275 e. The Morgan fingerprint density at radius 2 is 1.41 bits per heavy atom. The molecule has 174 valence electrons. The molecule has 0 aliphatic heterocycles. The van der Waals surface area contributed by atoms with E-state index in [4.69, 9.17) is 0 Å². The van der Waals surface area contributed by atoms with Gasteiger partial charge in [0.15, 0.2) is 0 Å². The molecule has 0 atom stereocenters. The average Bonchev–Trinajstić information content (AvgIpc) is 2.79. The summed E-state index contributed by atoms with van der Waals surface area (Å²) in [6.45, 7) is 16.2. The zero-order valence-electron chi connectivity index (χ0n) is 21.4. The molecule has 0 aliphatic carbocycles. The van der Waals surface area contributed by atoms with Crippen LogP contribution < -0.4 is 5.56 Å². The van der Waals surface area contributed by atoms with Crippen molar-refractivity contribution < 1.29 is 0 Å². The lowest BCUT2D eigenvalue weighted by Crippen LogP contribution is -2.43. The molecule has 2 aromatic carbocycles. The first-order chi connectivity index (χ1) is 16.2. The van der Waals surface area contributed by atoms with Crippen molar-refractivity contribution in [2.45, 2.75) is 65.1 Å². The number of nitrogens with zero attached hydrogens (tertiary/aromatic N) is 1. The van der Waals surface area contributed by atoms with Crippen LogP contribution in [0.15, 0.2) is 71.5 Å². The van der Waals surface area contributed by atoms with Crippen LogP contribution >= 0.6 is 0 Å². The van der Waals surface area contributed by atoms with E-state index in [0.717, 1.165) is 33.1 Å². The van der Waals surface area contributed by atoms with E-state index in [1.165, 1.54) is 5.56 Å². The number of rotatable bonds is 4. The zero-order valence-corrected chi connectivity index (χ0v) is 22.4. The molecule has 2 nitrogen and oxygen atoms in total. The molecule has 4 rings (SSSR count). The Morgan fingerprint density at radius 3 is 2.03 bits per heavy atom. The van der Waals surface area contributed by atoms with Gasteiger partial charge in [-0.25, -0.2) is 0 Å². The van der Waals surface area contributed by atoms with Crippen molar-refractivity contribution in [3.05, 3.63) is 88.2 Å². The number of fused-ring (bicyclic) bond motifs is 3. The summed E-state index contributed by atoms with van der Waals surface area (Å²) in [7, 11) is -1.96.